The number of carbonyl (C=O) groups excluding carboxylic acids is 1. The van der Waals surface area contributed by atoms with Gasteiger partial charge in [-0.3, -0.25) is 4.79 Å². The number of unbranched alkanes of at least 4 members (excludes halogenated alkanes) is 2. The molecule has 0 radical (unpaired) electrons. The third-order valence-electron chi connectivity index (χ3n) is 1.90. The predicted octanol–water partition coefficient (Wildman–Crippen LogP) is 2.86. The van der Waals surface area contributed by atoms with Crippen LogP contribution in [0.1, 0.15) is 25.7 Å². The summed E-state index contributed by atoms with van der Waals surface area (Å²) in [7, 11) is -1.43. The lowest BCUT2D eigenvalue weighted by molar-refractivity contribution is -0.116. The maximum absolute atomic E-state index is 10.9. The van der Waals surface area contributed by atoms with Crippen molar-refractivity contribution < 1.29 is 9.58 Å². The molecule has 0 atom stereocenters. The van der Waals surface area contributed by atoms with Crippen molar-refractivity contribution in [3.8, 4) is 0 Å². The van der Waals surface area contributed by atoms with E-state index in [1.807, 2.05) is 0 Å². The van der Waals surface area contributed by atoms with Gasteiger partial charge in [-0.05, 0) is 12.5 Å². The summed E-state index contributed by atoms with van der Waals surface area (Å²) in [6.07, 6.45) is 4.39. The van der Waals surface area contributed by atoms with Gasteiger partial charge < -0.3 is 5.53 Å². The van der Waals surface area contributed by atoms with Crippen molar-refractivity contribution in [2.75, 3.05) is 0 Å². The fourth-order valence-electron chi connectivity index (χ4n) is 1.15. The molecule has 0 aliphatic heterocycles. The van der Waals surface area contributed by atoms with Gasteiger partial charge in [0, 0.05) is 6.42 Å². The van der Waals surface area contributed by atoms with E-state index in [0.717, 1.165) is 31.5 Å². The number of halogens is 1. The molecule has 0 unspecified atom stereocenters. The van der Waals surface area contributed by atoms with Crippen molar-refractivity contribution in [3.63, 3.8) is 0 Å². The average Bonchev–Trinajstić information content (AvgIpc) is 2.02. The van der Waals surface area contributed by atoms with E-state index in [0.29, 0.717) is 6.42 Å². The van der Waals surface area contributed by atoms with Crippen molar-refractivity contribution in [1.82, 2.24) is 0 Å². The zero-order valence-electron chi connectivity index (χ0n) is 8.79. The first-order valence-corrected chi connectivity index (χ1v) is 9.07. The highest BCUT2D eigenvalue weighted by molar-refractivity contribution is 7.19. The molecular formula is C9H17ClN2OSi. The Morgan fingerprint density at radius 3 is 2.57 bits per heavy atom. The van der Waals surface area contributed by atoms with Crippen molar-refractivity contribution in [1.29, 1.82) is 0 Å². The molecule has 0 spiro atoms. The second kappa shape index (κ2) is 6.93. The van der Waals surface area contributed by atoms with Crippen LogP contribution in [0.4, 0.5) is 0 Å². The summed E-state index contributed by atoms with van der Waals surface area (Å²) in [6, 6.07) is 1.09. The minimum Gasteiger partial charge on any atom is -0.361 e. The molecule has 0 fully saturated rings. The van der Waals surface area contributed by atoms with Crippen LogP contribution >= 0.6 is 11.1 Å². The lowest BCUT2D eigenvalue weighted by atomic mass is 10.1. The Bertz CT molecular complexity index is 231. The standard InChI is InChI=1S/C9H17ClN2OSi/c1-14(2,10)7-5-3-4-6-9(13)8-12-11/h8H,3-7H2,1-2H3. The van der Waals surface area contributed by atoms with E-state index in [2.05, 4.69) is 17.9 Å². The Hall–Kier alpha value is -0.443. The molecule has 0 aromatic carbocycles. The van der Waals surface area contributed by atoms with E-state index in [4.69, 9.17) is 16.6 Å². The Morgan fingerprint density at radius 2 is 2.07 bits per heavy atom. The molecule has 0 aromatic heterocycles. The van der Waals surface area contributed by atoms with Crippen LogP contribution in [0.5, 0.6) is 0 Å². The van der Waals surface area contributed by atoms with Gasteiger partial charge in [-0.2, -0.15) is 15.9 Å². The van der Waals surface area contributed by atoms with Crippen LogP contribution in [0.3, 0.4) is 0 Å². The maximum Gasteiger partial charge on any atom is 0.323 e. The SMILES string of the molecule is C[Si](C)(Cl)CCCCCC(=O)C=[N+]=[N-]. The summed E-state index contributed by atoms with van der Waals surface area (Å²) in [5, 5.41) is 0. The van der Waals surface area contributed by atoms with Gasteiger partial charge in [0.05, 0.1) is 0 Å². The minimum absolute atomic E-state index is 0.116. The number of Topliss-reactive ketones (excluding diaryl/α,β-unsaturated/α-hetero) is 1. The third-order valence-corrected chi connectivity index (χ3v) is 4.01. The quantitative estimate of drug-likeness (QED) is 0.166. The second-order valence-corrected chi connectivity index (χ2v) is 11.0. The van der Waals surface area contributed by atoms with Gasteiger partial charge in [-0.1, -0.05) is 25.9 Å². The van der Waals surface area contributed by atoms with Gasteiger partial charge >= 0.3 is 6.21 Å². The van der Waals surface area contributed by atoms with E-state index >= 15 is 0 Å². The molecule has 0 bridgehead atoms. The van der Waals surface area contributed by atoms with E-state index < -0.39 is 7.38 Å². The molecule has 0 heterocycles. The first kappa shape index (κ1) is 13.6. The highest BCUT2D eigenvalue weighted by Crippen LogP contribution is 2.18. The lowest BCUT2D eigenvalue weighted by Gasteiger charge is -2.11. The molecule has 5 heteroatoms. The number of hydrogen-bond donors (Lipinski definition) is 0. The number of rotatable bonds is 7. The van der Waals surface area contributed by atoms with Gasteiger partial charge in [0.1, 0.15) is 7.38 Å². The monoisotopic (exact) mass is 232 g/mol. The van der Waals surface area contributed by atoms with Gasteiger partial charge in [0.2, 0.25) is 5.78 Å². The highest BCUT2D eigenvalue weighted by Gasteiger charge is 2.15. The van der Waals surface area contributed by atoms with E-state index in [9.17, 15) is 4.79 Å². The molecule has 0 rings (SSSR count). The van der Waals surface area contributed by atoms with Gasteiger partial charge in [0.25, 0.3) is 0 Å². The molecular weight excluding hydrogens is 216 g/mol. The zero-order chi connectivity index (χ0) is 11.0. The van der Waals surface area contributed by atoms with Crippen molar-refractivity contribution in [2.45, 2.75) is 44.8 Å². The number of ketones is 1. The second-order valence-electron chi connectivity index (χ2n) is 3.99. The molecule has 0 saturated heterocycles. The topological polar surface area (TPSA) is 53.5 Å². The van der Waals surface area contributed by atoms with Crippen LogP contribution in [0, 0.1) is 0 Å². The molecule has 0 aromatic rings. The molecule has 0 saturated carbocycles. The first-order chi connectivity index (χ1) is 6.45. The normalized spacial score (nSPS) is 10.8. The summed E-state index contributed by atoms with van der Waals surface area (Å²) in [4.78, 5) is 13.6. The molecule has 14 heavy (non-hydrogen) atoms. The van der Waals surface area contributed by atoms with Crippen LogP contribution in [0.2, 0.25) is 19.1 Å². The Balaban J connectivity index is 3.39. The Morgan fingerprint density at radius 1 is 1.43 bits per heavy atom. The largest absolute Gasteiger partial charge is 0.361 e. The van der Waals surface area contributed by atoms with Crippen molar-refractivity contribution in [3.05, 3.63) is 5.53 Å². The summed E-state index contributed by atoms with van der Waals surface area (Å²) < 4.78 is 0. The molecule has 0 amide bonds. The Labute approximate surface area is 90.8 Å². The van der Waals surface area contributed by atoms with Gasteiger partial charge in [0.15, 0.2) is 0 Å². The fourth-order valence-corrected chi connectivity index (χ4v) is 2.64. The van der Waals surface area contributed by atoms with Crippen LogP contribution < -0.4 is 0 Å². The third kappa shape index (κ3) is 9.64. The summed E-state index contributed by atoms with van der Waals surface area (Å²) >= 11 is 6.14. The van der Waals surface area contributed by atoms with Crippen LogP contribution in [0.15, 0.2) is 0 Å². The molecule has 0 aliphatic rings. The minimum atomic E-state index is -1.43. The first-order valence-electron chi connectivity index (χ1n) is 4.85. The number of nitrogens with zero attached hydrogens (tertiary/aromatic N) is 2. The predicted molar refractivity (Wildman–Crippen MR) is 61.3 cm³/mol. The molecule has 80 valence electrons. The summed E-state index contributed by atoms with van der Waals surface area (Å²) in [5.74, 6) is -0.116. The van der Waals surface area contributed by atoms with Gasteiger partial charge in [-0.15, -0.1) is 0 Å². The van der Waals surface area contributed by atoms with Gasteiger partial charge in [-0.25, -0.2) is 0 Å². The molecule has 0 N–H and O–H groups in total. The van der Waals surface area contributed by atoms with E-state index in [-0.39, 0.29) is 5.78 Å². The zero-order valence-corrected chi connectivity index (χ0v) is 10.5. The average molecular weight is 233 g/mol. The number of hydrogen-bond acceptors (Lipinski definition) is 1. The van der Waals surface area contributed by atoms with Crippen LogP contribution in [0.25, 0.3) is 5.53 Å². The molecule has 3 nitrogen and oxygen atoms in total. The van der Waals surface area contributed by atoms with Crippen molar-refractivity contribution >= 4 is 30.5 Å². The van der Waals surface area contributed by atoms with E-state index in [1.165, 1.54) is 0 Å². The lowest BCUT2D eigenvalue weighted by Crippen LogP contribution is -2.15. The summed E-state index contributed by atoms with van der Waals surface area (Å²) in [5.41, 5.74) is 8.08. The van der Waals surface area contributed by atoms with Crippen LogP contribution in [-0.2, 0) is 4.79 Å². The van der Waals surface area contributed by atoms with E-state index in [1.54, 1.807) is 0 Å². The number of carbonyl (C=O) groups is 1. The van der Waals surface area contributed by atoms with Crippen LogP contribution in [-0.4, -0.2) is 24.2 Å². The maximum atomic E-state index is 10.9. The molecule has 0 aliphatic carbocycles. The van der Waals surface area contributed by atoms with Crippen molar-refractivity contribution in [2.24, 2.45) is 0 Å². The smallest absolute Gasteiger partial charge is 0.323 e. The summed E-state index contributed by atoms with van der Waals surface area (Å²) in [6.45, 7) is 4.25. The highest BCUT2D eigenvalue weighted by atomic mass is 35.6. The Kier molecular flexibility index (Phi) is 6.71. The fraction of sp³-hybridized carbons (Fsp3) is 0.778.